The highest BCUT2D eigenvalue weighted by atomic mass is 16.1. The van der Waals surface area contributed by atoms with E-state index in [1.165, 1.54) is 38.2 Å². The van der Waals surface area contributed by atoms with Gasteiger partial charge in [0.25, 0.3) is 0 Å². The zero-order valence-electron chi connectivity index (χ0n) is 12.3. The van der Waals surface area contributed by atoms with E-state index < -0.39 is 0 Å². The zero-order chi connectivity index (χ0) is 14.1. The van der Waals surface area contributed by atoms with E-state index in [-0.39, 0.29) is 5.91 Å². The van der Waals surface area contributed by atoms with Gasteiger partial charge in [0, 0.05) is 18.7 Å². The van der Waals surface area contributed by atoms with Gasteiger partial charge in [0.1, 0.15) is 0 Å². The Morgan fingerprint density at radius 2 is 2.05 bits per heavy atom. The van der Waals surface area contributed by atoms with Gasteiger partial charge in [-0.15, -0.1) is 0 Å². The van der Waals surface area contributed by atoms with Crippen molar-refractivity contribution in [2.75, 3.05) is 11.9 Å². The van der Waals surface area contributed by atoms with Gasteiger partial charge in [-0.3, -0.25) is 4.79 Å². The zero-order valence-corrected chi connectivity index (χ0v) is 12.3. The summed E-state index contributed by atoms with van der Waals surface area (Å²) >= 11 is 0. The minimum atomic E-state index is -0.0303. The maximum absolute atomic E-state index is 11.0. The molecule has 0 saturated heterocycles. The molecule has 2 N–H and O–H groups in total. The van der Waals surface area contributed by atoms with E-state index in [9.17, 15) is 4.79 Å². The first kappa shape index (κ1) is 15.7. The van der Waals surface area contributed by atoms with E-state index in [0.717, 1.165) is 12.2 Å². The van der Waals surface area contributed by atoms with Crippen LogP contribution in [0.5, 0.6) is 0 Å². The summed E-state index contributed by atoms with van der Waals surface area (Å²) in [5, 5.41) is 6.34. The normalized spacial score (nSPS) is 12.2. The van der Waals surface area contributed by atoms with Gasteiger partial charge in [0.05, 0.1) is 0 Å². The van der Waals surface area contributed by atoms with Crippen LogP contribution in [0.25, 0.3) is 0 Å². The highest BCUT2D eigenvalue weighted by molar-refractivity contribution is 5.88. The van der Waals surface area contributed by atoms with Crippen molar-refractivity contribution in [3.63, 3.8) is 0 Å². The van der Waals surface area contributed by atoms with Gasteiger partial charge < -0.3 is 10.6 Å². The Morgan fingerprint density at radius 3 is 2.74 bits per heavy atom. The molecule has 0 fully saturated rings. The summed E-state index contributed by atoms with van der Waals surface area (Å²) in [6.45, 7) is 6.96. The SMILES string of the molecule is CCCCCCNC(C)c1cccc(NC(C)=O)c1. The smallest absolute Gasteiger partial charge is 0.221 e. The lowest BCUT2D eigenvalue weighted by molar-refractivity contribution is -0.114. The van der Waals surface area contributed by atoms with Crippen molar-refractivity contribution < 1.29 is 4.79 Å². The quantitative estimate of drug-likeness (QED) is 0.698. The summed E-state index contributed by atoms with van der Waals surface area (Å²) in [7, 11) is 0. The Kier molecular flexibility index (Phi) is 7.19. The average Bonchev–Trinajstić information content (AvgIpc) is 2.38. The lowest BCUT2D eigenvalue weighted by Crippen LogP contribution is -2.20. The van der Waals surface area contributed by atoms with Crippen LogP contribution in [0.4, 0.5) is 5.69 Å². The second kappa shape index (κ2) is 8.70. The predicted molar refractivity (Wildman–Crippen MR) is 81.3 cm³/mol. The van der Waals surface area contributed by atoms with Crippen LogP contribution in [0.1, 0.15) is 58.1 Å². The molecule has 106 valence electrons. The van der Waals surface area contributed by atoms with Gasteiger partial charge in [-0.25, -0.2) is 0 Å². The Morgan fingerprint density at radius 1 is 1.26 bits per heavy atom. The number of nitrogens with one attached hydrogen (secondary N) is 2. The maximum Gasteiger partial charge on any atom is 0.221 e. The lowest BCUT2D eigenvalue weighted by atomic mass is 10.1. The van der Waals surface area contributed by atoms with Crippen LogP contribution in [0.2, 0.25) is 0 Å². The molecule has 0 radical (unpaired) electrons. The fourth-order valence-corrected chi connectivity index (χ4v) is 2.08. The molecule has 0 aliphatic carbocycles. The van der Waals surface area contributed by atoms with Crippen molar-refractivity contribution in [1.29, 1.82) is 0 Å². The van der Waals surface area contributed by atoms with Crippen LogP contribution in [0, 0.1) is 0 Å². The molecule has 3 nitrogen and oxygen atoms in total. The number of amides is 1. The number of hydrogen-bond acceptors (Lipinski definition) is 2. The summed E-state index contributed by atoms with van der Waals surface area (Å²) in [6.07, 6.45) is 5.11. The van der Waals surface area contributed by atoms with E-state index in [1.807, 2.05) is 18.2 Å². The van der Waals surface area contributed by atoms with E-state index >= 15 is 0 Å². The molecule has 3 heteroatoms. The number of unbranched alkanes of at least 4 members (excludes halogenated alkanes) is 3. The number of carbonyl (C=O) groups excluding carboxylic acids is 1. The first-order valence-corrected chi connectivity index (χ1v) is 7.24. The van der Waals surface area contributed by atoms with Gasteiger partial charge in [-0.05, 0) is 37.6 Å². The van der Waals surface area contributed by atoms with Crippen LogP contribution >= 0.6 is 0 Å². The molecule has 1 atom stereocenters. The van der Waals surface area contributed by atoms with Crippen LogP contribution < -0.4 is 10.6 Å². The van der Waals surface area contributed by atoms with Gasteiger partial charge in [0.2, 0.25) is 5.91 Å². The average molecular weight is 262 g/mol. The second-order valence-corrected chi connectivity index (χ2v) is 5.04. The third kappa shape index (κ3) is 6.39. The predicted octanol–water partition coefficient (Wildman–Crippen LogP) is 3.88. The number of benzene rings is 1. The molecule has 0 aliphatic heterocycles. The third-order valence-corrected chi connectivity index (χ3v) is 3.19. The minimum Gasteiger partial charge on any atom is -0.326 e. The molecule has 0 bridgehead atoms. The van der Waals surface area contributed by atoms with Crippen molar-refractivity contribution in [1.82, 2.24) is 5.32 Å². The molecule has 1 unspecified atom stereocenters. The van der Waals surface area contributed by atoms with Crippen molar-refractivity contribution in [3.05, 3.63) is 29.8 Å². The van der Waals surface area contributed by atoms with Crippen LogP contribution in [0.15, 0.2) is 24.3 Å². The Hall–Kier alpha value is -1.35. The van der Waals surface area contributed by atoms with E-state index in [4.69, 9.17) is 0 Å². The summed E-state index contributed by atoms with van der Waals surface area (Å²) in [5.41, 5.74) is 2.08. The standard InChI is InChI=1S/C16H26N2O/c1-4-5-6-7-11-17-13(2)15-9-8-10-16(12-15)18-14(3)19/h8-10,12-13,17H,4-7,11H2,1-3H3,(H,18,19). The van der Waals surface area contributed by atoms with E-state index in [2.05, 4.69) is 30.5 Å². The molecule has 0 spiro atoms. The minimum absolute atomic E-state index is 0.0303. The van der Waals surface area contributed by atoms with Gasteiger partial charge in [0.15, 0.2) is 0 Å². The molecule has 1 rings (SSSR count). The largest absolute Gasteiger partial charge is 0.326 e. The molecule has 0 heterocycles. The van der Waals surface area contributed by atoms with Crippen molar-refractivity contribution in [2.24, 2.45) is 0 Å². The monoisotopic (exact) mass is 262 g/mol. The van der Waals surface area contributed by atoms with E-state index in [0.29, 0.717) is 6.04 Å². The molecule has 0 aliphatic rings. The van der Waals surface area contributed by atoms with Crippen molar-refractivity contribution in [2.45, 2.75) is 52.5 Å². The number of anilines is 1. The number of rotatable bonds is 8. The summed E-state index contributed by atoms with van der Waals surface area (Å²) in [6, 6.07) is 8.34. The lowest BCUT2D eigenvalue weighted by Gasteiger charge is -2.15. The molecule has 1 amide bonds. The summed E-state index contributed by atoms with van der Waals surface area (Å²) in [4.78, 5) is 11.0. The Balaban J connectivity index is 2.43. The van der Waals surface area contributed by atoms with Crippen molar-refractivity contribution >= 4 is 11.6 Å². The third-order valence-electron chi connectivity index (χ3n) is 3.19. The number of hydrogen-bond donors (Lipinski definition) is 2. The molecule has 1 aromatic rings. The molecule has 1 aromatic carbocycles. The van der Waals surface area contributed by atoms with Gasteiger partial charge in [-0.2, -0.15) is 0 Å². The first-order chi connectivity index (χ1) is 9.13. The van der Waals surface area contributed by atoms with Gasteiger partial charge in [-0.1, -0.05) is 38.3 Å². The fourth-order valence-electron chi connectivity index (χ4n) is 2.08. The molecule has 0 saturated carbocycles. The summed E-state index contributed by atoms with van der Waals surface area (Å²) in [5.74, 6) is -0.0303. The van der Waals surface area contributed by atoms with E-state index in [1.54, 1.807) is 0 Å². The second-order valence-electron chi connectivity index (χ2n) is 5.04. The Bertz CT molecular complexity index is 390. The van der Waals surface area contributed by atoms with Crippen LogP contribution in [0.3, 0.4) is 0 Å². The molecule has 0 aromatic heterocycles. The fraction of sp³-hybridized carbons (Fsp3) is 0.562. The molecular weight excluding hydrogens is 236 g/mol. The van der Waals surface area contributed by atoms with Crippen LogP contribution in [-0.4, -0.2) is 12.5 Å². The van der Waals surface area contributed by atoms with Crippen molar-refractivity contribution in [3.8, 4) is 0 Å². The number of carbonyl (C=O) groups is 1. The first-order valence-electron chi connectivity index (χ1n) is 7.24. The molecule has 19 heavy (non-hydrogen) atoms. The molecular formula is C16H26N2O. The Labute approximate surface area is 116 Å². The maximum atomic E-state index is 11.0. The van der Waals surface area contributed by atoms with Crippen LogP contribution in [-0.2, 0) is 4.79 Å². The van der Waals surface area contributed by atoms with Gasteiger partial charge >= 0.3 is 0 Å². The topological polar surface area (TPSA) is 41.1 Å². The summed E-state index contributed by atoms with van der Waals surface area (Å²) < 4.78 is 0. The highest BCUT2D eigenvalue weighted by Crippen LogP contribution is 2.17. The highest BCUT2D eigenvalue weighted by Gasteiger charge is 2.05.